The van der Waals surface area contributed by atoms with Gasteiger partial charge in [-0.05, 0) is 6.42 Å². The van der Waals surface area contributed by atoms with E-state index in [9.17, 15) is 0 Å². The molecule has 1 aliphatic heterocycles. The van der Waals surface area contributed by atoms with E-state index in [1.54, 1.807) is 0 Å². The molecule has 0 bridgehead atoms. The van der Waals surface area contributed by atoms with Crippen LogP contribution in [-0.2, 0) is 0 Å². The van der Waals surface area contributed by atoms with Crippen molar-refractivity contribution >= 4 is 0 Å². The fraction of sp³-hybridized carbons (Fsp3) is 0.714. The van der Waals surface area contributed by atoms with Crippen LogP contribution < -0.4 is 5.73 Å². The summed E-state index contributed by atoms with van der Waals surface area (Å²) in [5.41, 5.74) is 5.79. The van der Waals surface area contributed by atoms with Crippen molar-refractivity contribution in [2.24, 2.45) is 5.73 Å². The molecule has 2 N–H and O–H groups in total. The van der Waals surface area contributed by atoms with Crippen molar-refractivity contribution < 1.29 is 0 Å². The van der Waals surface area contributed by atoms with Gasteiger partial charge >= 0.3 is 0 Å². The van der Waals surface area contributed by atoms with Crippen molar-refractivity contribution in [1.82, 2.24) is 9.80 Å². The topological polar surface area (TPSA) is 32.5 Å². The first-order valence-electron chi connectivity index (χ1n) is 3.64. The highest BCUT2D eigenvalue weighted by Gasteiger charge is 2.12. The first-order valence-corrected chi connectivity index (χ1v) is 3.64. The second-order valence-corrected chi connectivity index (χ2v) is 2.69. The highest BCUT2D eigenvalue weighted by atomic mass is 15.4. The normalized spacial score (nSPS) is 20.3. The molecule has 3 nitrogen and oxygen atoms in total. The highest BCUT2D eigenvalue weighted by Crippen LogP contribution is 2.06. The van der Waals surface area contributed by atoms with E-state index in [2.05, 4.69) is 16.7 Å². The maximum Gasteiger partial charge on any atom is 0.0905 e. The molecule has 0 saturated heterocycles. The Balaban J connectivity index is 2.38. The lowest BCUT2D eigenvalue weighted by atomic mass is 10.4. The zero-order valence-corrected chi connectivity index (χ0v) is 6.62. The van der Waals surface area contributed by atoms with Gasteiger partial charge < -0.3 is 15.5 Å². The lowest BCUT2D eigenvalue weighted by molar-refractivity contribution is 0.229. The second kappa shape index (κ2) is 2.92. The molecule has 0 aromatic carbocycles. The maximum absolute atomic E-state index is 5.79. The van der Waals surface area contributed by atoms with E-state index < -0.39 is 0 Å². The molecule has 0 aromatic rings. The van der Waals surface area contributed by atoms with E-state index in [0.717, 1.165) is 13.1 Å². The molecular weight excluding hydrogens is 126 g/mol. The van der Waals surface area contributed by atoms with Gasteiger partial charge in [-0.1, -0.05) is 6.92 Å². The van der Waals surface area contributed by atoms with E-state index in [-0.39, 0.29) is 6.17 Å². The average molecular weight is 141 g/mol. The van der Waals surface area contributed by atoms with Gasteiger partial charge in [0.25, 0.3) is 0 Å². The fourth-order valence-corrected chi connectivity index (χ4v) is 1.00. The van der Waals surface area contributed by atoms with Crippen LogP contribution in [0.1, 0.15) is 13.3 Å². The Hall–Kier alpha value is -0.700. The van der Waals surface area contributed by atoms with E-state index in [0.29, 0.717) is 0 Å². The molecule has 1 heterocycles. The number of hydrogen-bond donors (Lipinski definition) is 1. The lowest BCUT2D eigenvalue weighted by Crippen LogP contribution is -2.38. The van der Waals surface area contributed by atoms with Crippen LogP contribution in [0.2, 0.25) is 0 Å². The molecule has 1 aliphatic rings. The fourth-order valence-electron chi connectivity index (χ4n) is 1.00. The average Bonchev–Trinajstić information content (AvgIpc) is 2.34. The third kappa shape index (κ3) is 1.42. The monoisotopic (exact) mass is 141 g/mol. The minimum atomic E-state index is 0.182. The molecule has 58 valence electrons. The summed E-state index contributed by atoms with van der Waals surface area (Å²) in [5.74, 6) is 0. The molecule has 0 amide bonds. The quantitative estimate of drug-likeness (QED) is 0.602. The van der Waals surface area contributed by atoms with Crippen molar-refractivity contribution in [3.8, 4) is 0 Å². The Kier molecular flexibility index (Phi) is 2.17. The standard InChI is InChI=1S/C7H15N3/c1-3-7(8)10-5-4-9(2)6-10/h4-5,7H,3,6,8H2,1-2H3. The summed E-state index contributed by atoms with van der Waals surface area (Å²) >= 11 is 0. The molecule has 1 atom stereocenters. The molecule has 0 saturated carbocycles. The zero-order valence-electron chi connectivity index (χ0n) is 6.62. The predicted molar refractivity (Wildman–Crippen MR) is 41.9 cm³/mol. The largest absolute Gasteiger partial charge is 0.362 e. The van der Waals surface area contributed by atoms with Gasteiger partial charge in [0.15, 0.2) is 0 Å². The Labute approximate surface area is 62.1 Å². The molecule has 10 heavy (non-hydrogen) atoms. The van der Waals surface area contributed by atoms with Gasteiger partial charge in [0.1, 0.15) is 0 Å². The van der Waals surface area contributed by atoms with Gasteiger partial charge in [-0.15, -0.1) is 0 Å². The molecule has 3 heteroatoms. The van der Waals surface area contributed by atoms with E-state index in [4.69, 9.17) is 5.73 Å². The van der Waals surface area contributed by atoms with Crippen molar-refractivity contribution in [1.29, 1.82) is 0 Å². The summed E-state index contributed by atoms with van der Waals surface area (Å²) in [4.78, 5) is 4.23. The van der Waals surface area contributed by atoms with Gasteiger partial charge in [0, 0.05) is 19.4 Å². The molecule has 1 unspecified atom stereocenters. The van der Waals surface area contributed by atoms with Gasteiger partial charge in [-0.25, -0.2) is 0 Å². The van der Waals surface area contributed by atoms with E-state index in [1.807, 2.05) is 19.4 Å². The first-order chi connectivity index (χ1) is 4.74. The van der Waals surface area contributed by atoms with Crippen LogP contribution in [0.15, 0.2) is 12.4 Å². The SMILES string of the molecule is CCC(N)N1C=CN(C)C1. The molecule has 0 fully saturated rings. The lowest BCUT2D eigenvalue weighted by Gasteiger charge is -2.23. The van der Waals surface area contributed by atoms with Crippen LogP contribution in [0.25, 0.3) is 0 Å². The minimum Gasteiger partial charge on any atom is -0.362 e. The van der Waals surface area contributed by atoms with Crippen molar-refractivity contribution in [2.45, 2.75) is 19.5 Å². The predicted octanol–water partition coefficient (Wildman–Crippen LogP) is 0.357. The van der Waals surface area contributed by atoms with Crippen molar-refractivity contribution in [3.63, 3.8) is 0 Å². The first kappa shape index (κ1) is 7.41. The molecule has 0 spiro atoms. The molecule has 0 aromatic heterocycles. The molecule has 0 radical (unpaired) electrons. The van der Waals surface area contributed by atoms with E-state index in [1.165, 1.54) is 0 Å². The minimum absolute atomic E-state index is 0.182. The smallest absolute Gasteiger partial charge is 0.0905 e. The highest BCUT2D eigenvalue weighted by molar-refractivity contribution is 4.90. The van der Waals surface area contributed by atoms with Crippen LogP contribution in [-0.4, -0.2) is 29.7 Å². The third-order valence-electron chi connectivity index (χ3n) is 1.74. The van der Waals surface area contributed by atoms with Gasteiger partial charge in [-0.3, -0.25) is 0 Å². The van der Waals surface area contributed by atoms with Crippen LogP contribution in [0, 0.1) is 0 Å². The van der Waals surface area contributed by atoms with Gasteiger partial charge in [-0.2, -0.15) is 0 Å². The molecular formula is C7H15N3. The summed E-state index contributed by atoms with van der Waals surface area (Å²) in [5, 5.41) is 0. The van der Waals surface area contributed by atoms with E-state index >= 15 is 0 Å². The van der Waals surface area contributed by atoms with Gasteiger partial charge in [0.2, 0.25) is 0 Å². The van der Waals surface area contributed by atoms with Crippen molar-refractivity contribution in [3.05, 3.63) is 12.4 Å². The Bertz CT molecular complexity index is 133. The summed E-state index contributed by atoms with van der Waals surface area (Å²) in [7, 11) is 2.04. The maximum atomic E-state index is 5.79. The summed E-state index contributed by atoms with van der Waals surface area (Å²) < 4.78 is 0. The number of rotatable bonds is 2. The molecule has 1 rings (SSSR count). The summed E-state index contributed by atoms with van der Waals surface area (Å²) in [6.45, 7) is 3.02. The molecule has 0 aliphatic carbocycles. The summed E-state index contributed by atoms with van der Waals surface area (Å²) in [6, 6.07) is 0. The second-order valence-electron chi connectivity index (χ2n) is 2.69. The third-order valence-corrected chi connectivity index (χ3v) is 1.74. The van der Waals surface area contributed by atoms with Gasteiger partial charge in [0.05, 0.1) is 12.8 Å². The Morgan fingerprint density at radius 1 is 1.60 bits per heavy atom. The number of hydrogen-bond acceptors (Lipinski definition) is 3. The van der Waals surface area contributed by atoms with Crippen LogP contribution in [0.3, 0.4) is 0 Å². The zero-order chi connectivity index (χ0) is 7.56. The van der Waals surface area contributed by atoms with Crippen LogP contribution in [0.5, 0.6) is 0 Å². The van der Waals surface area contributed by atoms with Crippen LogP contribution in [0.4, 0.5) is 0 Å². The number of nitrogens with zero attached hydrogens (tertiary/aromatic N) is 2. The van der Waals surface area contributed by atoms with Crippen molar-refractivity contribution in [2.75, 3.05) is 13.7 Å². The Morgan fingerprint density at radius 2 is 2.30 bits per heavy atom. The number of nitrogens with two attached hydrogens (primary N) is 1. The summed E-state index contributed by atoms with van der Waals surface area (Å²) in [6.07, 6.45) is 5.25. The van der Waals surface area contributed by atoms with Crippen LogP contribution >= 0.6 is 0 Å². The Morgan fingerprint density at radius 3 is 2.70 bits per heavy atom.